The van der Waals surface area contributed by atoms with E-state index in [1.807, 2.05) is 79.0 Å². The van der Waals surface area contributed by atoms with Crippen molar-refractivity contribution in [2.75, 3.05) is 36.8 Å². The molecule has 2 aromatic heterocycles. The Hall–Kier alpha value is -4.40. The van der Waals surface area contributed by atoms with E-state index in [0.29, 0.717) is 23.0 Å². The molecule has 40 heavy (non-hydrogen) atoms. The molecule has 0 saturated carbocycles. The Balaban J connectivity index is 1.25. The van der Waals surface area contributed by atoms with E-state index in [0.717, 1.165) is 52.8 Å². The van der Waals surface area contributed by atoms with Gasteiger partial charge >= 0.3 is 0 Å². The van der Waals surface area contributed by atoms with Gasteiger partial charge in [-0.2, -0.15) is 0 Å². The summed E-state index contributed by atoms with van der Waals surface area (Å²) in [7, 11) is 0. The number of nitrogens with zero attached hydrogens (tertiary/aromatic N) is 4. The van der Waals surface area contributed by atoms with Gasteiger partial charge in [-0.15, -0.1) is 11.3 Å². The van der Waals surface area contributed by atoms with E-state index in [-0.39, 0.29) is 5.91 Å². The third-order valence-corrected chi connectivity index (χ3v) is 7.97. The Morgan fingerprint density at radius 2 is 1.55 bits per heavy atom. The van der Waals surface area contributed by atoms with Gasteiger partial charge in [0.2, 0.25) is 0 Å². The van der Waals surface area contributed by atoms with Crippen molar-refractivity contribution in [3.8, 4) is 32.4 Å². The number of nitrogens with one attached hydrogen (secondary N) is 2. The van der Waals surface area contributed by atoms with Crippen LogP contribution in [0.25, 0.3) is 32.4 Å². The molecule has 1 aliphatic rings. The molecule has 8 heteroatoms. The average molecular weight is 547 g/mol. The summed E-state index contributed by atoms with van der Waals surface area (Å²) in [5.41, 5.74) is 3.83. The summed E-state index contributed by atoms with van der Waals surface area (Å²) in [5, 5.41) is 7.34. The molecule has 1 fully saturated rings. The first-order chi connectivity index (χ1) is 19.7. The smallest absolute Gasteiger partial charge is 0.274 e. The third kappa shape index (κ3) is 6.09. The Morgan fingerprint density at radius 1 is 0.850 bits per heavy atom. The lowest BCUT2D eigenvalue weighted by atomic mass is 10.1. The van der Waals surface area contributed by atoms with Crippen LogP contribution in [0, 0.1) is 0 Å². The van der Waals surface area contributed by atoms with Crippen LogP contribution in [-0.4, -0.2) is 51.9 Å². The fourth-order valence-corrected chi connectivity index (χ4v) is 5.78. The van der Waals surface area contributed by atoms with Gasteiger partial charge in [0.25, 0.3) is 5.91 Å². The average Bonchev–Trinajstić information content (AvgIpc) is 3.71. The maximum absolute atomic E-state index is 13.6. The van der Waals surface area contributed by atoms with Crippen molar-refractivity contribution >= 4 is 28.7 Å². The second-order valence-electron chi connectivity index (χ2n) is 9.70. The van der Waals surface area contributed by atoms with Crippen molar-refractivity contribution in [1.82, 2.24) is 19.9 Å². The number of thiazole rings is 1. The van der Waals surface area contributed by atoms with E-state index in [4.69, 9.17) is 4.98 Å². The molecule has 1 aliphatic heterocycles. The molecular formula is C32H30N6OS. The Morgan fingerprint density at radius 3 is 2.33 bits per heavy atom. The highest BCUT2D eigenvalue weighted by atomic mass is 32.1. The minimum absolute atomic E-state index is 0.297. The zero-order chi connectivity index (χ0) is 27.1. The lowest BCUT2D eigenvalue weighted by Crippen LogP contribution is -2.26. The van der Waals surface area contributed by atoms with E-state index in [9.17, 15) is 4.79 Å². The summed E-state index contributed by atoms with van der Waals surface area (Å²) in [6.45, 7) is 3.97. The highest BCUT2D eigenvalue weighted by Crippen LogP contribution is 2.35. The molecule has 0 unspecified atom stereocenters. The molecule has 6 rings (SSSR count). The summed E-state index contributed by atoms with van der Waals surface area (Å²) in [5.74, 6) is 0.853. The van der Waals surface area contributed by atoms with E-state index >= 15 is 0 Å². The van der Waals surface area contributed by atoms with Gasteiger partial charge < -0.3 is 15.5 Å². The molecule has 1 saturated heterocycles. The predicted molar refractivity (Wildman–Crippen MR) is 163 cm³/mol. The molecule has 0 radical (unpaired) electrons. The molecule has 0 spiro atoms. The minimum Gasteiger partial charge on any atom is -0.369 e. The van der Waals surface area contributed by atoms with Crippen molar-refractivity contribution in [3.63, 3.8) is 0 Å². The molecule has 3 heterocycles. The zero-order valence-electron chi connectivity index (χ0n) is 22.1. The lowest BCUT2D eigenvalue weighted by molar-refractivity contribution is 0.102. The van der Waals surface area contributed by atoms with Gasteiger partial charge in [0, 0.05) is 36.5 Å². The van der Waals surface area contributed by atoms with Crippen LogP contribution in [0.1, 0.15) is 23.3 Å². The standard InChI is InChI=1S/C32H30N6OS/c39-31(36-26-16-8-7-15-25(26)32-34-22-28(40-32)23-11-3-1-4-12-23)27-21-29(33-17-20-38-18-9-10-19-38)37-30(35-27)24-13-5-2-6-14-24/h1-8,11-16,21-22H,9-10,17-20H2,(H,36,39)(H,33,35,37). The van der Waals surface area contributed by atoms with Gasteiger partial charge in [0.15, 0.2) is 5.82 Å². The molecule has 7 nitrogen and oxygen atoms in total. The van der Waals surface area contributed by atoms with Crippen molar-refractivity contribution in [2.45, 2.75) is 12.8 Å². The maximum Gasteiger partial charge on any atom is 0.274 e. The number of hydrogen-bond donors (Lipinski definition) is 2. The number of benzene rings is 3. The van der Waals surface area contributed by atoms with Crippen molar-refractivity contribution in [3.05, 3.63) is 103 Å². The topological polar surface area (TPSA) is 83.0 Å². The zero-order valence-corrected chi connectivity index (χ0v) is 22.9. The summed E-state index contributed by atoms with van der Waals surface area (Å²) < 4.78 is 0. The van der Waals surface area contributed by atoms with Gasteiger partial charge in [-0.1, -0.05) is 72.8 Å². The van der Waals surface area contributed by atoms with Gasteiger partial charge in [0.1, 0.15) is 16.5 Å². The molecule has 3 aromatic carbocycles. The quantitative estimate of drug-likeness (QED) is 0.214. The molecule has 200 valence electrons. The molecule has 5 aromatic rings. The summed E-state index contributed by atoms with van der Waals surface area (Å²) in [6.07, 6.45) is 4.39. The fourth-order valence-electron chi connectivity index (χ4n) is 4.82. The Kier molecular flexibility index (Phi) is 7.88. The van der Waals surface area contributed by atoms with Crippen LogP contribution in [0.4, 0.5) is 11.5 Å². The van der Waals surface area contributed by atoms with Crippen molar-refractivity contribution in [2.24, 2.45) is 0 Å². The number of carbonyl (C=O) groups excluding carboxylic acids is 1. The van der Waals surface area contributed by atoms with E-state index < -0.39 is 0 Å². The number of rotatable bonds is 9. The van der Waals surface area contributed by atoms with Crippen LogP contribution in [0.3, 0.4) is 0 Å². The normalized spacial score (nSPS) is 13.3. The molecule has 0 bridgehead atoms. The van der Waals surface area contributed by atoms with Crippen LogP contribution in [0.5, 0.6) is 0 Å². The Labute approximate surface area is 238 Å². The van der Waals surface area contributed by atoms with Crippen molar-refractivity contribution < 1.29 is 4.79 Å². The molecule has 0 atom stereocenters. The SMILES string of the molecule is O=C(Nc1ccccc1-c1ncc(-c2ccccc2)s1)c1cc(NCCN2CCCC2)nc(-c2ccccc2)n1. The number of hydrogen-bond acceptors (Lipinski definition) is 7. The van der Waals surface area contributed by atoms with Crippen LogP contribution in [0.2, 0.25) is 0 Å². The highest BCUT2D eigenvalue weighted by Gasteiger charge is 2.17. The molecule has 2 N–H and O–H groups in total. The molecule has 0 aliphatic carbocycles. The van der Waals surface area contributed by atoms with Gasteiger partial charge in [-0.25, -0.2) is 15.0 Å². The van der Waals surface area contributed by atoms with Crippen LogP contribution >= 0.6 is 11.3 Å². The van der Waals surface area contributed by atoms with Gasteiger partial charge in [-0.05, 0) is 43.6 Å². The van der Waals surface area contributed by atoms with Gasteiger partial charge in [-0.3, -0.25) is 4.79 Å². The molecular weight excluding hydrogens is 516 g/mol. The number of carbonyl (C=O) groups is 1. The summed E-state index contributed by atoms with van der Waals surface area (Å²) >= 11 is 1.60. The predicted octanol–water partition coefficient (Wildman–Crippen LogP) is 6.69. The third-order valence-electron chi connectivity index (χ3n) is 6.89. The van der Waals surface area contributed by atoms with Crippen LogP contribution in [-0.2, 0) is 0 Å². The first-order valence-electron chi connectivity index (χ1n) is 13.6. The summed E-state index contributed by atoms with van der Waals surface area (Å²) in [4.78, 5) is 31.1. The number of para-hydroxylation sites is 1. The number of anilines is 2. The van der Waals surface area contributed by atoms with E-state index in [1.54, 1.807) is 17.4 Å². The fraction of sp³-hybridized carbons (Fsp3) is 0.188. The van der Waals surface area contributed by atoms with E-state index in [1.165, 1.54) is 12.8 Å². The number of aromatic nitrogens is 3. The van der Waals surface area contributed by atoms with Crippen LogP contribution < -0.4 is 10.6 Å². The van der Waals surface area contributed by atoms with Crippen molar-refractivity contribution in [1.29, 1.82) is 0 Å². The number of amides is 1. The highest BCUT2D eigenvalue weighted by molar-refractivity contribution is 7.18. The maximum atomic E-state index is 13.6. The molecule has 1 amide bonds. The lowest BCUT2D eigenvalue weighted by Gasteiger charge is -2.16. The first kappa shape index (κ1) is 25.9. The second kappa shape index (κ2) is 12.2. The van der Waals surface area contributed by atoms with Crippen LogP contribution in [0.15, 0.2) is 97.2 Å². The minimum atomic E-state index is -0.297. The summed E-state index contributed by atoms with van der Waals surface area (Å²) in [6, 6.07) is 29.4. The number of likely N-dealkylation sites (tertiary alicyclic amines) is 1. The van der Waals surface area contributed by atoms with E-state index in [2.05, 4.69) is 37.6 Å². The Bertz CT molecular complexity index is 1580. The van der Waals surface area contributed by atoms with Gasteiger partial charge in [0.05, 0.1) is 10.6 Å². The first-order valence-corrected chi connectivity index (χ1v) is 14.4. The monoisotopic (exact) mass is 546 g/mol. The largest absolute Gasteiger partial charge is 0.369 e. The second-order valence-corrected chi connectivity index (χ2v) is 10.7.